The average Bonchev–Trinajstić information content (AvgIpc) is 3.28. The number of fused-ring (bicyclic) bond motifs is 1. The van der Waals surface area contributed by atoms with E-state index >= 15 is 0 Å². The lowest BCUT2D eigenvalue weighted by Gasteiger charge is -2.27. The minimum Gasteiger partial charge on any atom is -0.357 e. The molecule has 0 saturated heterocycles. The third-order valence-corrected chi connectivity index (χ3v) is 5.25. The second-order valence-electron chi connectivity index (χ2n) is 7.77. The minimum atomic E-state index is 0.0125. The fourth-order valence-electron chi connectivity index (χ4n) is 3.42. The standard InChI is InChI=1S/C21H32N6/c1-5-16-9-11-17(12-10-16)21(3,4)15-24-20(22-6-2)23-14-19-26-25-18-8-7-13-27(18)19/h9-12H,5-8,13-15H2,1-4H3,(H2,22,23,24). The van der Waals surface area contributed by atoms with Crippen LogP contribution in [0.2, 0.25) is 0 Å². The van der Waals surface area contributed by atoms with Gasteiger partial charge in [-0.3, -0.25) is 0 Å². The molecule has 0 radical (unpaired) electrons. The number of guanidine groups is 1. The molecular formula is C21H32N6. The van der Waals surface area contributed by atoms with Gasteiger partial charge in [-0.2, -0.15) is 0 Å². The van der Waals surface area contributed by atoms with Gasteiger partial charge in [0, 0.05) is 31.5 Å². The summed E-state index contributed by atoms with van der Waals surface area (Å²) in [6, 6.07) is 8.93. The van der Waals surface area contributed by atoms with Gasteiger partial charge in [-0.1, -0.05) is 45.0 Å². The lowest BCUT2D eigenvalue weighted by Crippen LogP contribution is -2.43. The molecule has 2 heterocycles. The van der Waals surface area contributed by atoms with Crippen LogP contribution < -0.4 is 10.6 Å². The van der Waals surface area contributed by atoms with E-state index in [0.717, 1.165) is 56.5 Å². The molecule has 2 aromatic rings. The van der Waals surface area contributed by atoms with Gasteiger partial charge in [0.1, 0.15) is 12.4 Å². The molecule has 6 nitrogen and oxygen atoms in total. The van der Waals surface area contributed by atoms with Gasteiger partial charge in [-0.25, -0.2) is 4.99 Å². The number of hydrogen-bond acceptors (Lipinski definition) is 3. The number of nitrogens with one attached hydrogen (secondary N) is 2. The van der Waals surface area contributed by atoms with Crippen LogP contribution in [0.5, 0.6) is 0 Å². The van der Waals surface area contributed by atoms with Crippen molar-refractivity contribution in [1.29, 1.82) is 0 Å². The fourth-order valence-corrected chi connectivity index (χ4v) is 3.42. The van der Waals surface area contributed by atoms with Gasteiger partial charge in [-0.05, 0) is 30.9 Å². The van der Waals surface area contributed by atoms with E-state index < -0.39 is 0 Å². The Morgan fingerprint density at radius 3 is 2.63 bits per heavy atom. The first kappa shape index (κ1) is 19.4. The summed E-state index contributed by atoms with van der Waals surface area (Å²) in [4.78, 5) is 4.73. The highest BCUT2D eigenvalue weighted by molar-refractivity contribution is 5.79. The van der Waals surface area contributed by atoms with E-state index in [9.17, 15) is 0 Å². The van der Waals surface area contributed by atoms with Gasteiger partial charge in [0.15, 0.2) is 11.8 Å². The Bertz CT molecular complexity index is 772. The fraction of sp³-hybridized carbons (Fsp3) is 0.571. The first-order valence-corrected chi connectivity index (χ1v) is 10.1. The Hall–Kier alpha value is -2.37. The number of nitrogens with zero attached hydrogens (tertiary/aromatic N) is 4. The topological polar surface area (TPSA) is 67.1 Å². The molecule has 1 aliphatic rings. The van der Waals surface area contributed by atoms with E-state index in [4.69, 9.17) is 4.99 Å². The van der Waals surface area contributed by atoms with Gasteiger partial charge in [0.2, 0.25) is 0 Å². The van der Waals surface area contributed by atoms with Crippen molar-refractivity contribution in [2.45, 2.75) is 65.5 Å². The number of rotatable bonds is 7. The third kappa shape index (κ3) is 4.67. The van der Waals surface area contributed by atoms with Crippen molar-refractivity contribution in [3.05, 3.63) is 47.0 Å². The lowest BCUT2D eigenvalue weighted by atomic mass is 9.84. The molecule has 0 bridgehead atoms. The zero-order chi connectivity index (χ0) is 19.3. The predicted molar refractivity (Wildman–Crippen MR) is 110 cm³/mol. The second kappa shape index (κ2) is 8.55. The molecule has 0 aliphatic carbocycles. The van der Waals surface area contributed by atoms with Crippen LogP contribution in [0.3, 0.4) is 0 Å². The molecule has 0 unspecified atom stereocenters. The number of benzene rings is 1. The van der Waals surface area contributed by atoms with Crippen LogP contribution >= 0.6 is 0 Å². The van der Waals surface area contributed by atoms with Crippen molar-refractivity contribution in [2.24, 2.45) is 4.99 Å². The van der Waals surface area contributed by atoms with E-state index in [0.29, 0.717) is 6.54 Å². The minimum absolute atomic E-state index is 0.0125. The highest BCUT2D eigenvalue weighted by Crippen LogP contribution is 2.23. The first-order valence-electron chi connectivity index (χ1n) is 10.1. The van der Waals surface area contributed by atoms with Gasteiger partial charge in [0.05, 0.1) is 0 Å². The lowest BCUT2D eigenvalue weighted by molar-refractivity contribution is 0.508. The van der Waals surface area contributed by atoms with E-state index in [-0.39, 0.29) is 5.41 Å². The molecule has 0 fully saturated rings. The maximum Gasteiger partial charge on any atom is 0.191 e. The molecular weight excluding hydrogens is 336 g/mol. The largest absolute Gasteiger partial charge is 0.357 e. The Morgan fingerprint density at radius 1 is 1.15 bits per heavy atom. The summed E-state index contributed by atoms with van der Waals surface area (Å²) in [5, 5.41) is 15.4. The van der Waals surface area contributed by atoms with Gasteiger partial charge >= 0.3 is 0 Å². The van der Waals surface area contributed by atoms with Crippen LogP contribution in [-0.4, -0.2) is 33.8 Å². The molecule has 0 amide bonds. The van der Waals surface area contributed by atoms with Gasteiger partial charge in [-0.15, -0.1) is 10.2 Å². The SMILES string of the molecule is CCNC(=NCc1nnc2n1CCC2)NCC(C)(C)c1ccc(CC)cc1. The molecule has 1 aromatic heterocycles. The Kier molecular flexibility index (Phi) is 6.14. The zero-order valence-corrected chi connectivity index (χ0v) is 17.0. The van der Waals surface area contributed by atoms with Gasteiger partial charge in [0.25, 0.3) is 0 Å². The van der Waals surface area contributed by atoms with E-state index in [1.54, 1.807) is 0 Å². The van der Waals surface area contributed by atoms with Crippen molar-refractivity contribution in [3.63, 3.8) is 0 Å². The average molecular weight is 369 g/mol. The molecule has 0 spiro atoms. The highest BCUT2D eigenvalue weighted by atomic mass is 15.3. The molecule has 0 atom stereocenters. The van der Waals surface area contributed by atoms with Crippen molar-refractivity contribution in [2.75, 3.05) is 13.1 Å². The summed E-state index contributed by atoms with van der Waals surface area (Å²) in [5.41, 5.74) is 2.72. The molecule has 3 rings (SSSR count). The van der Waals surface area contributed by atoms with Crippen molar-refractivity contribution >= 4 is 5.96 Å². The number of aromatic nitrogens is 3. The van der Waals surface area contributed by atoms with E-state index in [1.165, 1.54) is 11.1 Å². The summed E-state index contributed by atoms with van der Waals surface area (Å²) in [5.74, 6) is 2.87. The Labute approximate surface area is 162 Å². The van der Waals surface area contributed by atoms with Crippen LogP contribution in [0.15, 0.2) is 29.3 Å². The number of aliphatic imine (C=N–C) groups is 1. The number of hydrogen-bond donors (Lipinski definition) is 2. The summed E-state index contributed by atoms with van der Waals surface area (Å²) in [7, 11) is 0. The van der Waals surface area contributed by atoms with Crippen LogP contribution in [0.4, 0.5) is 0 Å². The molecule has 146 valence electrons. The summed E-state index contributed by atoms with van der Waals surface area (Å²) >= 11 is 0. The molecule has 27 heavy (non-hydrogen) atoms. The molecule has 0 saturated carbocycles. The Morgan fingerprint density at radius 2 is 1.93 bits per heavy atom. The normalized spacial score (nSPS) is 14.3. The van der Waals surface area contributed by atoms with Gasteiger partial charge < -0.3 is 15.2 Å². The van der Waals surface area contributed by atoms with E-state index in [2.05, 4.69) is 77.4 Å². The van der Waals surface area contributed by atoms with Crippen LogP contribution in [0, 0.1) is 0 Å². The predicted octanol–water partition coefficient (Wildman–Crippen LogP) is 2.82. The quantitative estimate of drug-likeness (QED) is 0.582. The maximum absolute atomic E-state index is 4.73. The zero-order valence-electron chi connectivity index (χ0n) is 17.0. The van der Waals surface area contributed by atoms with Crippen LogP contribution in [0.1, 0.15) is 56.9 Å². The molecule has 1 aliphatic heterocycles. The summed E-state index contributed by atoms with van der Waals surface area (Å²) in [6.45, 7) is 12.0. The molecule has 6 heteroatoms. The summed E-state index contributed by atoms with van der Waals surface area (Å²) < 4.78 is 2.20. The van der Waals surface area contributed by atoms with Crippen LogP contribution in [-0.2, 0) is 31.3 Å². The van der Waals surface area contributed by atoms with Crippen LogP contribution in [0.25, 0.3) is 0 Å². The third-order valence-electron chi connectivity index (χ3n) is 5.25. The Balaban J connectivity index is 1.64. The van der Waals surface area contributed by atoms with E-state index in [1.807, 2.05) is 0 Å². The van der Waals surface area contributed by atoms with Crippen molar-refractivity contribution < 1.29 is 0 Å². The second-order valence-corrected chi connectivity index (χ2v) is 7.77. The maximum atomic E-state index is 4.73. The summed E-state index contributed by atoms with van der Waals surface area (Å²) in [6.07, 6.45) is 3.26. The number of aryl methyl sites for hydroxylation is 2. The monoisotopic (exact) mass is 368 g/mol. The molecule has 1 aromatic carbocycles. The first-order chi connectivity index (χ1) is 13.0. The van der Waals surface area contributed by atoms with Crippen molar-refractivity contribution in [3.8, 4) is 0 Å². The van der Waals surface area contributed by atoms with Crippen molar-refractivity contribution in [1.82, 2.24) is 25.4 Å². The molecule has 2 N–H and O–H groups in total. The highest BCUT2D eigenvalue weighted by Gasteiger charge is 2.21. The smallest absolute Gasteiger partial charge is 0.191 e.